The third-order valence-corrected chi connectivity index (χ3v) is 3.49. The summed E-state index contributed by atoms with van der Waals surface area (Å²) < 4.78 is 0. The number of nitrogens with zero attached hydrogens (tertiary/aromatic N) is 2. The van der Waals surface area contributed by atoms with Gasteiger partial charge in [0.25, 0.3) is 0 Å². The predicted octanol–water partition coefficient (Wildman–Crippen LogP) is 3.10. The average Bonchev–Trinajstić information content (AvgIpc) is 2.84. The molecule has 2 heterocycles. The fourth-order valence-corrected chi connectivity index (χ4v) is 2.32. The largest absolute Gasteiger partial charge is 0.368 e. The van der Waals surface area contributed by atoms with Crippen molar-refractivity contribution in [3.63, 3.8) is 0 Å². The van der Waals surface area contributed by atoms with Crippen LogP contribution in [0.2, 0.25) is 0 Å². The smallest absolute Gasteiger partial charge is 0.228 e. The van der Waals surface area contributed by atoms with Crippen LogP contribution in [-0.4, -0.2) is 22.6 Å². The van der Waals surface area contributed by atoms with Gasteiger partial charge in [0.05, 0.1) is 12.1 Å². The number of benzene rings is 1. The average molecular weight is 296 g/mol. The van der Waals surface area contributed by atoms with Crippen LogP contribution in [0.1, 0.15) is 26.3 Å². The lowest BCUT2D eigenvalue weighted by molar-refractivity contribution is -0.115. The summed E-state index contributed by atoms with van der Waals surface area (Å²) in [5.41, 5.74) is 3.89. The van der Waals surface area contributed by atoms with E-state index in [9.17, 15) is 4.79 Å². The molecule has 0 atom stereocenters. The van der Waals surface area contributed by atoms with Gasteiger partial charge in [-0.1, -0.05) is 26.8 Å². The van der Waals surface area contributed by atoms with Crippen LogP contribution in [0.5, 0.6) is 0 Å². The zero-order chi connectivity index (χ0) is 15.7. The summed E-state index contributed by atoms with van der Waals surface area (Å²) in [5, 5.41) is 14.6. The molecule has 0 saturated carbocycles. The van der Waals surface area contributed by atoms with Crippen molar-refractivity contribution < 1.29 is 4.79 Å². The first-order chi connectivity index (χ1) is 10.4. The molecule has 0 bridgehead atoms. The molecule has 0 saturated heterocycles. The Morgan fingerprint density at radius 3 is 2.68 bits per heavy atom. The molecule has 1 aliphatic heterocycles. The van der Waals surface area contributed by atoms with Crippen molar-refractivity contribution in [3.05, 3.63) is 35.9 Å². The van der Waals surface area contributed by atoms with E-state index >= 15 is 0 Å². The summed E-state index contributed by atoms with van der Waals surface area (Å²) in [4.78, 5) is 11.4. The molecule has 0 spiro atoms. The van der Waals surface area contributed by atoms with Crippen molar-refractivity contribution in [1.82, 2.24) is 10.2 Å². The van der Waals surface area contributed by atoms with Crippen LogP contribution >= 0.6 is 0 Å². The van der Waals surface area contributed by atoms with Crippen molar-refractivity contribution in [3.8, 4) is 11.3 Å². The van der Waals surface area contributed by atoms with Crippen molar-refractivity contribution >= 4 is 17.4 Å². The van der Waals surface area contributed by atoms with E-state index in [2.05, 4.69) is 41.6 Å². The number of aromatic nitrogens is 2. The lowest BCUT2D eigenvalue weighted by Crippen LogP contribution is -2.19. The van der Waals surface area contributed by atoms with Gasteiger partial charge in [-0.05, 0) is 35.2 Å². The number of nitrogens with one attached hydrogen (secondary N) is 2. The van der Waals surface area contributed by atoms with E-state index in [-0.39, 0.29) is 11.3 Å². The summed E-state index contributed by atoms with van der Waals surface area (Å²) in [6.07, 6.45) is 0.432. The molecule has 1 aliphatic rings. The Kier molecular flexibility index (Phi) is 3.56. The standard InChI is InChI=1S/C17H20N4O/c1-17(2,3)10-18-15-7-6-14(20-21-15)11-4-5-13-12(8-11)9-16(22)19-13/h4-8H,9-10H2,1-3H3,(H,18,21)(H,19,22). The summed E-state index contributed by atoms with van der Waals surface area (Å²) in [7, 11) is 0. The van der Waals surface area contributed by atoms with Gasteiger partial charge in [-0.15, -0.1) is 10.2 Å². The lowest BCUT2D eigenvalue weighted by atomic mass is 9.97. The SMILES string of the molecule is CC(C)(C)CNc1ccc(-c2ccc3c(c2)CC(=O)N3)nn1. The molecule has 0 fully saturated rings. The zero-order valence-corrected chi connectivity index (χ0v) is 13.1. The van der Waals surface area contributed by atoms with Crippen LogP contribution in [0.3, 0.4) is 0 Å². The van der Waals surface area contributed by atoms with Crippen molar-refractivity contribution in [2.45, 2.75) is 27.2 Å². The molecule has 5 nitrogen and oxygen atoms in total. The molecular weight excluding hydrogens is 276 g/mol. The topological polar surface area (TPSA) is 66.9 Å². The van der Waals surface area contributed by atoms with Gasteiger partial charge in [0.2, 0.25) is 5.91 Å². The number of hydrogen-bond donors (Lipinski definition) is 2. The first kappa shape index (κ1) is 14.5. The summed E-state index contributed by atoms with van der Waals surface area (Å²) in [5.74, 6) is 0.816. The van der Waals surface area contributed by atoms with E-state index in [0.29, 0.717) is 6.42 Å². The molecule has 3 rings (SSSR count). The first-order valence-electron chi connectivity index (χ1n) is 7.41. The normalized spacial score (nSPS) is 13.7. The minimum absolute atomic E-state index is 0.0416. The molecule has 5 heteroatoms. The summed E-state index contributed by atoms with van der Waals surface area (Å²) in [6.45, 7) is 7.35. The van der Waals surface area contributed by atoms with E-state index in [0.717, 1.165) is 34.9 Å². The minimum Gasteiger partial charge on any atom is -0.368 e. The maximum absolute atomic E-state index is 11.4. The second-order valence-corrected chi connectivity index (χ2v) is 6.81. The Balaban J connectivity index is 1.76. The van der Waals surface area contributed by atoms with Gasteiger partial charge in [0.15, 0.2) is 0 Å². The molecule has 1 aromatic heterocycles. The fourth-order valence-electron chi connectivity index (χ4n) is 2.32. The van der Waals surface area contributed by atoms with Crippen LogP contribution in [-0.2, 0) is 11.2 Å². The molecule has 22 heavy (non-hydrogen) atoms. The highest BCUT2D eigenvalue weighted by molar-refractivity contribution is 5.99. The Bertz CT molecular complexity index is 702. The van der Waals surface area contributed by atoms with Gasteiger partial charge < -0.3 is 10.6 Å². The first-order valence-corrected chi connectivity index (χ1v) is 7.41. The third-order valence-electron chi connectivity index (χ3n) is 3.49. The van der Waals surface area contributed by atoms with Gasteiger partial charge in [0.1, 0.15) is 5.82 Å². The molecule has 0 unspecified atom stereocenters. The highest BCUT2D eigenvalue weighted by Gasteiger charge is 2.18. The second kappa shape index (κ2) is 5.40. The Hall–Kier alpha value is -2.43. The maximum atomic E-state index is 11.4. The molecule has 114 valence electrons. The van der Waals surface area contributed by atoms with Gasteiger partial charge in [-0.3, -0.25) is 4.79 Å². The molecule has 1 aromatic carbocycles. The quantitative estimate of drug-likeness (QED) is 0.913. The molecule has 2 N–H and O–H groups in total. The number of amides is 1. The maximum Gasteiger partial charge on any atom is 0.228 e. The molecule has 0 aliphatic carbocycles. The van der Waals surface area contributed by atoms with Gasteiger partial charge >= 0.3 is 0 Å². The Morgan fingerprint density at radius 2 is 2.00 bits per heavy atom. The number of rotatable bonds is 3. The van der Waals surface area contributed by atoms with E-state index in [1.165, 1.54) is 0 Å². The van der Waals surface area contributed by atoms with Crippen molar-refractivity contribution in [2.75, 3.05) is 17.2 Å². The third kappa shape index (κ3) is 3.24. The molecule has 1 amide bonds. The number of anilines is 2. The van der Waals surface area contributed by atoms with Crippen molar-refractivity contribution in [1.29, 1.82) is 0 Å². The van der Waals surface area contributed by atoms with E-state index < -0.39 is 0 Å². The number of carbonyl (C=O) groups is 1. The van der Waals surface area contributed by atoms with E-state index in [1.807, 2.05) is 30.3 Å². The molecular formula is C17H20N4O. The van der Waals surface area contributed by atoms with Crippen molar-refractivity contribution in [2.24, 2.45) is 5.41 Å². The lowest BCUT2D eigenvalue weighted by Gasteiger charge is -2.18. The monoisotopic (exact) mass is 296 g/mol. The summed E-state index contributed by atoms with van der Waals surface area (Å²) in [6, 6.07) is 9.76. The van der Waals surface area contributed by atoms with Crippen LogP contribution in [0.15, 0.2) is 30.3 Å². The molecule has 2 aromatic rings. The van der Waals surface area contributed by atoms with Crippen LogP contribution < -0.4 is 10.6 Å². The van der Waals surface area contributed by atoms with Gasteiger partial charge in [-0.2, -0.15) is 0 Å². The highest BCUT2D eigenvalue weighted by atomic mass is 16.1. The molecule has 0 radical (unpaired) electrons. The van der Waals surface area contributed by atoms with Gasteiger partial charge in [0, 0.05) is 17.8 Å². The zero-order valence-electron chi connectivity index (χ0n) is 13.1. The van der Waals surface area contributed by atoms with Gasteiger partial charge in [-0.25, -0.2) is 0 Å². The number of carbonyl (C=O) groups excluding carboxylic acids is 1. The fraction of sp³-hybridized carbons (Fsp3) is 0.353. The number of fused-ring (bicyclic) bond motifs is 1. The second-order valence-electron chi connectivity index (χ2n) is 6.81. The Morgan fingerprint density at radius 1 is 1.18 bits per heavy atom. The van der Waals surface area contributed by atoms with E-state index in [4.69, 9.17) is 0 Å². The van der Waals surface area contributed by atoms with Crippen LogP contribution in [0, 0.1) is 5.41 Å². The van der Waals surface area contributed by atoms with Crippen LogP contribution in [0.4, 0.5) is 11.5 Å². The number of hydrogen-bond acceptors (Lipinski definition) is 4. The Labute approximate surface area is 130 Å². The predicted molar refractivity (Wildman–Crippen MR) is 87.7 cm³/mol. The summed E-state index contributed by atoms with van der Waals surface area (Å²) >= 11 is 0. The minimum atomic E-state index is 0.0416. The highest BCUT2D eigenvalue weighted by Crippen LogP contribution is 2.28. The van der Waals surface area contributed by atoms with E-state index in [1.54, 1.807) is 0 Å². The van der Waals surface area contributed by atoms with Crippen LogP contribution in [0.25, 0.3) is 11.3 Å².